The van der Waals surface area contributed by atoms with Crippen molar-refractivity contribution in [2.75, 3.05) is 0 Å². The Morgan fingerprint density at radius 2 is 1.88 bits per heavy atom. The maximum Gasteiger partial charge on any atom is 0.274 e. The van der Waals surface area contributed by atoms with Gasteiger partial charge in [-0.05, 0) is 30.7 Å². The molecule has 0 spiro atoms. The molecule has 0 saturated heterocycles. The van der Waals surface area contributed by atoms with E-state index in [4.69, 9.17) is 0 Å². The highest BCUT2D eigenvalue weighted by molar-refractivity contribution is 5.29. The maximum atomic E-state index is 11.8. The van der Waals surface area contributed by atoms with Crippen molar-refractivity contribution in [3.05, 3.63) is 62.9 Å². The molecule has 2 aromatic heterocycles. The molecule has 2 heterocycles. The second-order valence-corrected chi connectivity index (χ2v) is 3.72. The summed E-state index contributed by atoms with van der Waals surface area (Å²) in [5.74, 6) is 0. The zero-order valence-electron chi connectivity index (χ0n) is 9.18. The molecule has 0 atom stereocenters. The van der Waals surface area contributed by atoms with Crippen LogP contribution in [0.4, 0.5) is 0 Å². The Kier molecular flexibility index (Phi) is 2.48. The third-order valence-corrected chi connectivity index (χ3v) is 2.44. The maximum absolute atomic E-state index is 11.8. The van der Waals surface area contributed by atoms with E-state index in [9.17, 15) is 9.59 Å². The molecule has 0 aliphatic rings. The summed E-state index contributed by atoms with van der Waals surface area (Å²) in [6.07, 6.45) is 3.28. The van der Waals surface area contributed by atoms with Crippen molar-refractivity contribution in [1.82, 2.24) is 9.13 Å². The van der Waals surface area contributed by atoms with Gasteiger partial charge in [0.25, 0.3) is 11.1 Å². The van der Waals surface area contributed by atoms with Crippen LogP contribution >= 0.6 is 0 Å². The molecule has 0 aliphatic heterocycles. The second kappa shape index (κ2) is 3.81. The largest absolute Gasteiger partial charge is 0.317 e. The van der Waals surface area contributed by atoms with Gasteiger partial charge in [0, 0.05) is 25.5 Å². The van der Waals surface area contributed by atoms with Crippen LogP contribution in [0.25, 0.3) is 5.69 Å². The Bertz CT molecular complexity index is 638. The van der Waals surface area contributed by atoms with E-state index in [-0.39, 0.29) is 11.1 Å². The highest BCUT2D eigenvalue weighted by atomic mass is 16.1. The predicted molar refractivity (Wildman–Crippen MR) is 62.0 cm³/mol. The summed E-state index contributed by atoms with van der Waals surface area (Å²) >= 11 is 0. The van der Waals surface area contributed by atoms with E-state index >= 15 is 0 Å². The molecule has 2 aromatic rings. The van der Waals surface area contributed by atoms with E-state index in [1.54, 1.807) is 37.6 Å². The van der Waals surface area contributed by atoms with Crippen LogP contribution in [-0.2, 0) is 7.05 Å². The van der Waals surface area contributed by atoms with Crippen LogP contribution in [0.3, 0.4) is 0 Å². The van der Waals surface area contributed by atoms with Crippen LogP contribution < -0.4 is 11.1 Å². The molecule has 2 rings (SSSR count). The van der Waals surface area contributed by atoms with Gasteiger partial charge in [0.2, 0.25) is 0 Å². The Balaban J connectivity index is 2.73. The molecule has 82 valence electrons. The lowest BCUT2D eigenvalue weighted by molar-refractivity contribution is 0.828. The van der Waals surface area contributed by atoms with E-state index < -0.39 is 0 Å². The van der Waals surface area contributed by atoms with Crippen LogP contribution in [0.2, 0.25) is 0 Å². The lowest BCUT2D eigenvalue weighted by atomic mass is 10.3. The Morgan fingerprint density at radius 3 is 2.56 bits per heavy atom. The van der Waals surface area contributed by atoms with E-state index in [2.05, 4.69) is 0 Å². The number of aryl methyl sites for hydroxylation is 2. The minimum atomic E-state index is -0.191. The standard InChI is InChI=1S/C12H12N2O2/c1-9-5-7-14(11(15)8-9)10-4-3-6-13(2)12(10)16/h3-8H,1-2H3. The molecule has 0 radical (unpaired) electrons. The first-order valence-electron chi connectivity index (χ1n) is 4.95. The smallest absolute Gasteiger partial charge is 0.274 e. The summed E-state index contributed by atoms with van der Waals surface area (Å²) in [5, 5.41) is 0. The van der Waals surface area contributed by atoms with Gasteiger partial charge in [0.1, 0.15) is 5.69 Å². The van der Waals surface area contributed by atoms with Gasteiger partial charge in [0.15, 0.2) is 0 Å². The van der Waals surface area contributed by atoms with Gasteiger partial charge in [-0.1, -0.05) is 0 Å². The fourth-order valence-electron chi connectivity index (χ4n) is 1.54. The fourth-order valence-corrected chi connectivity index (χ4v) is 1.54. The van der Waals surface area contributed by atoms with Gasteiger partial charge < -0.3 is 4.57 Å². The molecule has 0 bridgehead atoms. The summed E-state index contributed by atoms with van der Waals surface area (Å²) in [4.78, 5) is 23.5. The van der Waals surface area contributed by atoms with Gasteiger partial charge in [-0.15, -0.1) is 0 Å². The average Bonchev–Trinajstić information content (AvgIpc) is 2.23. The first-order valence-corrected chi connectivity index (χ1v) is 4.95. The summed E-state index contributed by atoms with van der Waals surface area (Å²) in [6, 6.07) is 6.68. The van der Waals surface area contributed by atoms with E-state index in [1.807, 2.05) is 6.92 Å². The zero-order valence-corrected chi connectivity index (χ0v) is 9.18. The molecule has 16 heavy (non-hydrogen) atoms. The van der Waals surface area contributed by atoms with Gasteiger partial charge in [-0.2, -0.15) is 0 Å². The van der Waals surface area contributed by atoms with Gasteiger partial charge in [0.05, 0.1) is 0 Å². The first kappa shape index (κ1) is 10.4. The van der Waals surface area contributed by atoms with E-state index in [0.29, 0.717) is 5.69 Å². The molecule has 0 aliphatic carbocycles. The Morgan fingerprint density at radius 1 is 1.12 bits per heavy atom. The monoisotopic (exact) mass is 216 g/mol. The SMILES string of the molecule is Cc1ccn(-c2cccn(C)c2=O)c(=O)c1. The normalized spacial score (nSPS) is 10.4. The number of aromatic nitrogens is 2. The summed E-state index contributed by atoms with van der Waals surface area (Å²) in [6.45, 7) is 1.84. The second-order valence-electron chi connectivity index (χ2n) is 3.72. The molecule has 0 amide bonds. The molecule has 0 saturated carbocycles. The van der Waals surface area contributed by atoms with Crippen molar-refractivity contribution in [1.29, 1.82) is 0 Å². The van der Waals surface area contributed by atoms with Gasteiger partial charge in [-0.3, -0.25) is 14.2 Å². The Hall–Kier alpha value is -2.10. The molecule has 0 aromatic carbocycles. The third-order valence-electron chi connectivity index (χ3n) is 2.44. The van der Waals surface area contributed by atoms with Crippen LogP contribution in [0.15, 0.2) is 46.2 Å². The summed E-state index contributed by atoms with van der Waals surface area (Å²) < 4.78 is 2.80. The van der Waals surface area contributed by atoms with E-state index in [1.165, 1.54) is 15.2 Å². The molecular formula is C12H12N2O2. The minimum absolute atomic E-state index is 0.187. The molecular weight excluding hydrogens is 204 g/mol. The number of hydrogen-bond donors (Lipinski definition) is 0. The summed E-state index contributed by atoms with van der Waals surface area (Å²) in [7, 11) is 1.66. The molecule has 4 nitrogen and oxygen atoms in total. The lowest BCUT2D eigenvalue weighted by Gasteiger charge is -2.06. The van der Waals surface area contributed by atoms with E-state index in [0.717, 1.165) is 5.56 Å². The number of rotatable bonds is 1. The van der Waals surface area contributed by atoms with Crippen LogP contribution in [-0.4, -0.2) is 9.13 Å². The minimum Gasteiger partial charge on any atom is -0.317 e. The van der Waals surface area contributed by atoms with Crippen LogP contribution in [0.1, 0.15) is 5.56 Å². The lowest BCUT2D eigenvalue weighted by Crippen LogP contribution is -2.27. The molecule has 0 N–H and O–H groups in total. The van der Waals surface area contributed by atoms with Crippen molar-refractivity contribution in [3.63, 3.8) is 0 Å². The van der Waals surface area contributed by atoms with Crippen LogP contribution in [0.5, 0.6) is 0 Å². The topological polar surface area (TPSA) is 44.0 Å². The molecule has 0 fully saturated rings. The number of pyridine rings is 2. The molecule has 4 heteroatoms. The quantitative estimate of drug-likeness (QED) is 0.709. The van der Waals surface area contributed by atoms with Crippen LogP contribution in [0, 0.1) is 6.92 Å². The van der Waals surface area contributed by atoms with Crippen molar-refractivity contribution < 1.29 is 0 Å². The van der Waals surface area contributed by atoms with Gasteiger partial charge >= 0.3 is 0 Å². The number of nitrogens with zero attached hydrogens (tertiary/aromatic N) is 2. The van der Waals surface area contributed by atoms with Crippen molar-refractivity contribution in [2.24, 2.45) is 7.05 Å². The zero-order chi connectivity index (χ0) is 11.7. The summed E-state index contributed by atoms with van der Waals surface area (Å²) in [5.41, 5.74) is 0.876. The first-order chi connectivity index (χ1) is 7.59. The highest BCUT2D eigenvalue weighted by Crippen LogP contribution is 1.98. The predicted octanol–water partition coefficient (Wildman–Crippen LogP) is 0.845. The van der Waals surface area contributed by atoms with Gasteiger partial charge in [-0.25, -0.2) is 0 Å². The van der Waals surface area contributed by atoms with Crippen molar-refractivity contribution >= 4 is 0 Å². The highest BCUT2D eigenvalue weighted by Gasteiger charge is 2.04. The average molecular weight is 216 g/mol. The van der Waals surface area contributed by atoms with Crippen molar-refractivity contribution in [3.8, 4) is 5.69 Å². The Labute approximate surface area is 92.4 Å². The number of hydrogen-bond acceptors (Lipinski definition) is 2. The third kappa shape index (κ3) is 1.69. The fraction of sp³-hybridized carbons (Fsp3) is 0.167. The molecule has 0 unspecified atom stereocenters. The van der Waals surface area contributed by atoms with Crippen molar-refractivity contribution in [2.45, 2.75) is 6.92 Å².